The molecular formula is C11H13NO3S. The van der Waals surface area contributed by atoms with Crippen LogP contribution in [0.4, 0.5) is 0 Å². The highest BCUT2D eigenvalue weighted by atomic mass is 32.2. The molecule has 1 saturated heterocycles. The van der Waals surface area contributed by atoms with Crippen molar-refractivity contribution in [1.82, 2.24) is 4.31 Å². The predicted molar refractivity (Wildman–Crippen MR) is 59.4 cm³/mol. The van der Waals surface area contributed by atoms with Gasteiger partial charge in [0.1, 0.15) is 0 Å². The van der Waals surface area contributed by atoms with Gasteiger partial charge in [0.2, 0.25) is 10.0 Å². The predicted octanol–water partition coefficient (Wildman–Crippen LogP) is 0.767. The number of hydrogen-bond donors (Lipinski definition) is 0. The number of morpholine rings is 1. The van der Waals surface area contributed by atoms with Crippen LogP contribution in [0.1, 0.15) is 5.56 Å². The Bertz CT molecular complexity index is 447. The van der Waals surface area contributed by atoms with E-state index in [9.17, 15) is 8.42 Å². The zero-order valence-electron chi connectivity index (χ0n) is 8.80. The second kappa shape index (κ2) is 4.53. The molecule has 1 aliphatic heterocycles. The first kappa shape index (κ1) is 11.6. The van der Waals surface area contributed by atoms with Crippen LogP contribution in [0.5, 0.6) is 0 Å². The Kier molecular flexibility index (Phi) is 3.28. The molecule has 0 aliphatic carbocycles. The molecule has 2 radical (unpaired) electrons. The van der Waals surface area contributed by atoms with Crippen LogP contribution in [0.15, 0.2) is 29.2 Å². The maximum Gasteiger partial charge on any atom is 0.243 e. The van der Waals surface area contributed by atoms with Crippen LogP contribution >= 0.6 is 0 Å². The summed E-state index contributed by atoms with van der Waals surface area (Å²) in [5, 5.41) is 0. The van der Waals surface area contributed by atoms with Gasteiger partial charge < -0.3 is 4.74 Å². The number of nitrogens with zero attached hydrogens (tertiary/aromatic N) is 1. The smallest absolute Gasteiger partial charge is 0.243 e. The lowest BCUT2D eigenvalue weighted by Gasteiger charge is -2.26. The lowest BCUT2D eigenvalue weighted by atomic mass is 10.2. The van der Waals surface area contributed by atoms with E-state index in [1.165, 1.54) is 16.4 Å². The normalized spacial score (nSPS) is 18.6. The van der Waals surface area contributed by atoms with Crippen molar-refractivity contribution in [2.24, 2.45) is 0 Å². The first-order valence-corrected chi connectivity index (χ1v) is 6.48. The highest BCUT2D eigenvalue weighted by Gasteiger charge is 2.25. The minimum absolute atomic E-state index is 0.281. The lowest BCUT2D eigenvalue weighted by Crippen LogP contribution is -2.40. The standard InChI is InChI=1S/C11H13NO3S/c1-10-2-4-11(5-3-10)16(13,14)12-6-8-15-9-7-12/h1-5H,6-9H2. The highest BCUT2D eigenvalue weighted by molar-refractivity contribution is 7.89. The molecule has 1 fully saturated rings. The summed E-state index contributed by atoms with van der Waals surface area (Å²) in [5.41, 5.74) is 0.556. The van der Waals surface area contributed by atoms with Crippen molar-refractivity contribution in [3.8, 4) is 0 Å². The van der Waals surface area contributed by atoms with Gasteiger partial charge >= 0.3 is 0 Å². The summed E-state index contributed by atoms with van der Waals surface area (Å²) in [6.45, 7) is 7.24. The maximum atomic E-state index is 12.1. The highest BCUT2D eigenvalue weighted by Crippen LogP contribution is 2.17. The van der Waals surface area contributed by atoms with Gasteiger partial charge in [-0.25, -0.2) is 8.42 Å². The molecular weight excluding hydrogens is 226 g/mol. The van der Waals surface area contributed by atoms with E-state index < -0.39 is 10.0 Å². The number of hydrogen-bond acceptors (Lipinski definition) is 3. The molecule has 1 heterocycles. The van der Waals surface area contributed by atoms with E-state index in [4.69, 9.17) is 11.7 Å². The molecule has 0 bridgehead atoms. The van der Waals surface area contributed by atoms with E-state index >= 15 is 0 Å². The van der Waals surface area contributed by atoms with Crippen molar-refractivity contribution in [2.75, 3.05) is 26.3 Å². The van der Waals surface area contributed by atoms with Crippen molar-refractivity contribution < 1.29 is 13.2 Å². The molecule has 0 saturated carbocycles. The van der Waals surface area contributed by atoms with Crippen LogP contribution in [0, 0.1) is 6.92 Å². The first-order valence-electron chi connectivity index (χ1n) is 5.04. The third-order valence-corrected chi connectivity index (χ3v) is 4.40. The molecule has 5 heteroatoms. The van der Waals surface area contributed by atoms with Crippen LogP contribution in [-0.4, -0.2) is 39.0 Å². The van der Waals surface area contributed by atoms with Crippen molar-refractivity contribution in [2.45, 2.75) is 4.90 Å². The number of rotatable bonds is 2. The zero-order chi connectivity index (χ0) is 11.6. The summed E-state index contributed by atoms with van der Waals surface area (Å²) in [6.07, 6.45) is 0. The molecule has 4 nitrogen and oxygen atoms in total. The van der Waals surface area contributed by atoms with Crippen molar-refractivity contribution in [3.05, 3.63) is 36.8 Å². The van der Waals surface area contributed by atoms with Crippen molar-refractivity contribution >= 4 is 10.0 Å². The average Bonchev–Trinajstić information content (AvgIpc) is 2.31. The quantitative estimate of drug-likeness (QED) is 0.765. The Balaban J connectivity index is 2.27. The molecule has 0 N–H and O–H groups in total. The van der Waals surface area contributed by atoms with E-state index in [1.54, 1.807) is 12.1 Å². The monoisotopic (exact) mass is 239 g/mol. The molecule has 2 rings (SSSR count). The van der Waals surface area contributed by atoms with Gasteiger partial charge in [0, 0.05) is 13.1 Å². The fourth-order valence-electron chi connectivity index (χ4n) is 1.58. The van der Waals surface area contributed by atoms with Gasteiger partial charge in [0.15, 0.2) is 0 Å². The molecule has 1 aromatic rings. The van der Waals surface area contributed by atoms with Gasteiger partial charge in [0.25, 0.3) is 0 Å². The lowest BCUT2D eigenvalue weighted by molar-refractivity contribution is 0.0730. The van der Waals surface area contributed by atoms with E-state index in [2.05, 4.69) is 0 Å². The second-order valence-electron chi connectivity index (χ2n) is 3.59. The van der Waals surface area contributed by atoms with Crippen molar-refractivity contribution in [1.29, 1.82) is 0 Å². The molecule has 0 aromatic heterocycles. The summed E-state index contributed by atoms with van der Waals surface area (Å²) in [4.78, 5) is 0.281. The van der Waals surface area contributed by atoms with Crippen LogP contribution in [0.3, 0.4) is 0 Å². The number of ether oxygens (including phenoxy) is 1. The molecule has 0 amide bonds. The fraction of sp³-hybridized carbons (Fsp3) is 0.364. The summed E-state index contributed by atoms with van der Waals surface area (Å²) in [7, 11) is -3.38. The van der Waals surface area contributed by atoms with E-state index in [1.807, 2.05) is 0 Å². The summed E-state index contributed by atoms with van der Waals surface area (Å²) < 4.78 is 30.8. The minimum Gasteiger partial charge on any atom is -0.379 e. The summed E-state index contributed by atoms with van der Waals surface area (Å²) in [5.74, 6) is 0. The molecule has 0 unspecified atom stereocenters. The Morgan fingerprint density at radius 2 is 1.69 bits per heavy atom. The summed E-state index contributed by atoms with van der Waals surface area (Å²) in [6, 6.07) is 6.24. The molecule has 1 aromatic carbocycles. The van der Waals surface area contributed by atoms with Crippen LogP contribution in [0.2, 0.25) is 0 Å². The largest absolute Gasteiger partial charge is 0.379 e. The average molecular weight is 239 g/mol. The second-order valence-corrected chi connectivity index (χ2v) is 5.52. The van der Waals surface area contributed by atoms with Gasteiger partial charge in [-0.2, -0.15) is 4.31 Å². The van der Waals surface area contributed by atoms with Crippen LogP contribution < -0.4 is 0 Å². The molecule has 0 atom stereocenters. The molecule has 1 aliphatic rings. The Morgan fingerprint density at radius 3 is 2.25 bits per heavy atom. The first-order chi connectivity index (χ1) is 7.60. The van der Waals surface area contributed by atoms with Crippen molar-refractivity contribution in [3.63, 3.8) is 0 Å². The van der Waals surface area contributed by atoms with Crippen LogP contribution in [0.25, 0.3) is 0 Å². The number of sulfonamides is 1. The van der Waals surface area contributed by atoms with Gasteiger partial charge in [-0.15, -0.1) is 0 Å². The summed E-state index contributed by atoms with van der Waals surface area (Å²) >= 11 is 0. The Hall–Kier alpha value is -0.910. The van der Waals surface area contributed by atoms with Gasteiger partial charge in [-0.05, 0) is 24.6 Å². The van der Waals surface area contributed by atoms with E-state index in [0.29, 0.717) is 31.9 Å². The maximum absolute atomic E-state index is 12.1. The Labute approximate surface area is 95.9 Å². The number of benzene rings is 1. The van der Waals surface area contributed by atoms with Crippen LogP contribution in [-0.2, 0) is 14.8 Å². The van der Waals surface area contributed by atoms with E-state index in [0.717, 1.165) is 0 Å². The van der Waals surface area contributed by atoms with E-state index in [-0.39, 0.29) is 4.90 Å². The zero-order valence-corrected chi connectivity index (χ0v) is 9.61. The SMILES string of the molecule is [CH]c1ccc(S(=O)(=O)N2CCOCC2)cc1. The van der Waals surface area contributed by atoms with Gasteiger partial charge in [-0.3, -0.25) is 0 Å². The molecule has 86 valence electrons. The third-order valence-electron chi connectivity index (χ3n) is 2.49. The topological polar surface area (TPSA) is 46.6 Å². The molecule has 0 spiro atoms. The third kappa shape index (κ3) is 2.26. The fourth-order valence-corrected chi connectivity index (χ4v) is 2.98. The minimum atomic E-state index is -3.38. The van der Waals surface area contributed by atoms with Gasteiger partial charge in [-0.1, -0.05) is 12.1 Å². The van der Waals surface area contributed by atoms with Gasteiger partial charge in [0.05, 0.1) is 18.1 Å². The Morgan fingerprint density at radius 1 is 1.12 bits per heavy atom. The molecule has 16 heavy (non-hydrogen) atoms.